The number of hydrogen-bond donors (Lipinski definition) is 2. The zero-order valence-corrected chi connectivity index (χ0v) is 9.60. The van der Waals surface area contributed by atoms with Crippen molar-refractivity contribution in [3.8, 4) is 0 Å². The van der Waals surface area contributed by atoms with Gasteiger partial charge in [-0.05, 0) is 19.7 Å². The van der Waals surface area contributed by atoms with Crippen LogP contribution in [-0.2, 0) is 0 Å². The fraction of sp³-hybridized carbons (Fsp3) is 0.455. The molecule has 1 aromatic heterocycles. The van der Waals surface area contributed by atoms with Crippen molar-refractivity contribution in [2.24, 2.45) is 0 Å². The lowest BCUT2D eigenvalue weighted by molar-refractivity contribution is 0.0698. The Morgan fingerprint density at radius 2 is 2.38 bits per heavy atom. The summed E-state index contributed by atoms with van der Waals surface area (Å²) in [6.07, 6.45) is 3.02. The molecule has 0 atom stereocenters. The van der Waals surface area contributed by atoms with Crippen molar-refractivity contribution in [2.45, 2.75) is 6.92 Å². The standard InChI is InChI=1S/C11H17N3O2/c1-3-14(2)7-6-13-10-8-12-5-4-9(10)11(15)16/h4-5,8,13H,3,6-7H2,1-2H3,(H,15,16). The molecule has 0 saturated carbocycles. The maximum atomic E-state index is 10.9. The number of aromatic carboxylic acids is 1. The highest BCUT2D eigenvalue weighted by molar-refractivity contribution is 5.93. The number of rotatable bonds is 6. The number of anilines is 1. The normalized spacial score (nSPS) is 10.4. The maximum Gasteiger partial charge on any atom is 0.337 e. The van der Waals surface area contributed by atoms with Crippen LogP contribution in [0.3, 0.4) is 0 Å². The number of nitrogens with zero attached hydrogens (tertiary/aromatic N) is 2. The SMILES string of the molecule is CCN(C)CCNc1cnccc1C(=O)O. The van der Waals surface area contributed by atoms with E-state index >= 15 is 0 Å². The molecule has 0 spiro atoms. The van der Waals surface area contributed by atoms with Gasteiger partial charge in [0.2, 0.25) is 0 Å². The van der Waals surface area contributed by atoms with Crippen molar-refractivity contribution in [2.75, 3.05) is 32.0 Å². The van der Waals surface area contributed by atoms with Crippen LogP contribution in [-0.4, -0.2) is 47.6 Å². The van der Waals surface area contributed by atoms with Gasteiger partial charge in [0.15, 0.2) is 0 Å². The van der Waals surface area contributed by atoms with E-state index in [1.807, 2.05) is 7.05 Å². The first-order chi connectivity index (χ1) is 7.65. The van der Waals surface area contributed by atoms with Crippen molar-refractivity contribution in [1.29, 1.82) is 0 Å². The lowest BCUT2D eigenvalue weighted by atomic mass is 10.2. The first-order valence-corrected chi connectivity index (χ1v) is 5.25. The number of pyridine rings is 1. The number of aromatic nitrogens is 1. The number of carboxylic acid groups (broad SMARTS) is 1. The Balaban J connectivity index is 2.56. The second-order valence-corrected chi connectivity index (χ2v) is 3.55. The molecule has 5 heteroatoms. The second kappa shape index (κ2) is 6.07. The number of likely N-dealkylation sites (N-methyl/N-ethyl adjacent to an activating group) is 1. The summed E-state index contributed by atoms with van der Waals surface area (Å²) in [7, 11) is 2.02. The number of nitrogens with one attached hydrogen (secondary N) is 1. The van der Waals surface area contributed by atoms with Gasteiger partial charge in [-0.1, -0.05) is 6.92 Å². The lowest BCUT2D eigenvalue weighted by Crippen LogP contribution is -2.25. The minimum absolute atomic E-state index is 0.258. The van der Waals surface area contributed by atoms with Crippen LogP contribution in [0.25, 0.3) is 0 Å². The molecule has 0 fully saturated rings. The molecule has 0 unspecified atom stereocenters. The molecule has 0 bridgehead atoms. The van der Waals surface area contributed by atoms with Gasteiger partial charge in [-0.3, -0.25) is 4.98 Å². The summed E-state index contributed by atoms with van der Waals surface area (Å²) < 4.78 is 0. The predicted octanol–water partition coefficient (Wildman–Crippen LogP) is 1.14. The summed E-state index contributed by atoms with van der Waals surface area (Å²) in [5.41, 5.74) is 0.827. The average molecular weight is 223 g/mol. The van der Waals surface area contributed by atoms with E-state index in [1.54, 1.807) is 0 Å². The Labute approximate surface area is 95.1 Å². The monoisotopic (exact) mass is 223 g/mol. The zero-order chi connectivity index (χ0) is 12.0. The van der Waals surface area contributed by atoms with E-state index in [0.29, 0.717) is 12.2 Å². The third kappa shape index (κ3) is 3.51. The summed E-state index contributed by atoms with van der Waals surface area (Å²) in [6, 6.07) is 1.49. The van der Waals surface area contributed by atoms with Gasteiger partial charge in [-0.25, -0.2) is 4.79 Å². The van der Waals surface area contributed by atoms with Gasteiger partial charge in [0, 0.05) is 19.3 Å². The molecular weight excluding hydrogens is 206 g/mol. The van der Waals surface area contributed by atoms with Crippen LogP contribution in [0.2, 0.25) is 0 Å². The fourth-order valence-electron chi connectivity index (χ4n) is 1.26. The quantitative estimate of drug-likeness (QED) is 0.757. The van der Waals surface area contributed by atoms with Crippen LogP contribution in [0, 0.1) is 0 Å². The number of carboxylic acids is 1. The van der Waals surface area contributed by atoms with Crippen LogP contribution in [0.5, 0.6) is 0 Å². The van der Waals surface area contributed by atoms with Gasteiger partial charge in [-0.2, -0.15) is 0 Å². The van der Waals surface area contributed by atoms with E-state index < -0.39 is 5.97 Å². The molecule has 0 aromatic carbocycles. The van der Waals surface area contributed by atoms with Gasteiger partial charge < -0.3 is 15.3 Å². The average Bonchev–Trinajstić information content (AvgIpc) is 2.29. The van der Waals surface area contributed by atoms with Gasteiger partial charge >= 0.3 is 5.97 Å². The number of hydrogen-bond acceptors (Lipinski definition) is 4. The van der Waals surface area contributed by atoms with Crippen LogP contribution in [0.4, 0.5) is 5.69 Å². The van der Waals surface area contributed by atoms with Gasteiger partial charge in [0.25, 0.3) is 0 Å². The van der Waals surface area contributed by atoms with Crippen molar-refractivity contribution >= 4 is 11.7 Å². The minimum atomic E-state index is -0.936. The first kappa shape index (κ1) is 12.4. The molecule has 2 N–H and O–H groups in total. The topological polar surface area (TPSA) is 65.5 Å². The zero-order valence-electron chi connectivity index (χ0n) is 9.60. The summed E-state index contributed by atoms with van der Waals surface area (Å²) in [4.78, 5) is 16.9. The van der Waals surface area contributed by atoms with Gasteiger partial charge in [0.05, 0.1) is 17.4 Å². The molecule has 1 heterocycles. The smallest absolute Gasteiger partial charge is 0.337 e. The highest BCUT2D eigenvalue weighted by Crippen LogP contribution is 2.12. The Bertz CT molecular complexity index is 355. The van der Waals surface area contributed by atoms with Crippen molar-refractivity contribution in [1.82, 2.24) is 9.88 Å². The molecule has 88 valence electrons. The molecule has 16 heavy (non-hydrogen) atoms. The highest BCUT2D eigenvalue weighted by Gasteiger charge is 2.08. The molecule has 0 radical (unpaired) electrons. The van der Waals surface area contributed by atoms with Crippen LogP contribution >= 0.6 is 0 Å². The summed E-state index contributed by atoms with van der Waals surface area (Å²) >= 11 is 0. The Hall–Kier alpha value is -1.62. The van der Waals surface area contributed by atoms with E-state index in [-0.39, 0.29) is 5.56 Å². The molecule has 5 nitrogen and oxygen atoms in total. The Morgan fingerprint density at radius 1 is 1.62 bits per heavy atom. The Kier molecular flexibility index (Phi) is 4.72. The third-order valence-electron chi connectivity index (χ3n) is 2.40. The fourth-order valence-corrected chi connectivity index (χ4v) is 1.26. The maximum absolute atomic E-state index is 10.9. The van der Waals surface area contributed by atoms with Crippen LogP contribution in [0.1, 0.15) is 17.3 Å². The van der Waals surface area contributed by atoms with E-state index in [2.05, 4.69) is 22.1 Å². The summed E-state index contributed by atoms with van der Waals surface area (Å²) in [6.45, 7) is 4.62. The summed E-state index contributed by atoms with van der Waals surface area (Å²) in [5.74, 6) is -0.936. The van der Waals surface area contributed by atoms with E-state index in [4.69, 9.17) is 5.11 Å². The van der Waals surface area contributed by atoms with Crippen molar-refractivity contribution < 1.29 is 9.90 Å². The van der Waals surface area contributed by atoms with Crippen LogP contribution < -0.4 is 5.32 Å². The largest absolute Gasteiger partial charge is 0.478 e. The van der Waals surface area contributed by atoms with Crippen molar-refractivity contribution in [3.05, 3.63) is 24.0 Å². The van der Waals surface area contributed by atoms with Crippen LogP contribution in [0.15, 0.2) is 18.5 Å². The molecular formula is C11H17N3O2. The molecule has 0 aliphatic heterocycles. The predicted molar refractivity (Wildman–Crippen MR) is 62.9 cm³/mol. The highest BCUT2D eigenvalue weighted by atomic mass is 16.4. The Morgan fingerprint density at radius 3 is 3.00 bits per heavy atom. The number of carbonyl (C=O) groups is 1. The first-order valence-electron chi connectivity index (χ1n) is 5.25. The molecule has 0 amide bonds. The molecule has 0 aliphatic rings. The minimum Gasteiger partial charge on any atom is -0.478 e. The molecule has 0 saturated heterocycles. The molecule has 1 aromatic rings. The lowest BCUT2D eigenvalue weighted by Gasteiger charge is -2.15. The van der Waals surface area contributed by atoms with E-state index in [1.165, 1.54) is 18.5 Å². The van der Waals surface area contributed by atoms with E-state index in [9.17, 15) is 4.79 Å². The third-order valence-corrected chi connectivity index (χ3v) is 2.40. The van der Waals surface area contributed by atoms with Gasteiger partial charge in [0.1, 0.15) is 0 Å². The summed E-state index contributed by atoms with van der Waals surface area (Å²) in [5, 5.41) is 12.0. The van der Waals surface area contributed by atoms with Crippen molar-refractivity contribution in [3.63, 3.8) is 0 Å². The molecule has 0 aliphatic carbocycles. The second-order valence-electron chi connectivity index (χ2n) is 3.55. The van der Waals surface area contributed by atoms with Gasteiger partial charge in [-0.15, -0.1) is 0 Å². The molecule has 1 rings (SSSR count). The van der Waals surface area contributed by atoms with E-state index in [0.717, 1.165) is 13.1 Å².